The zero-order valence-electron chi connectivity index (χ0n) is 12.8. The van der Waals surface area contributed by atoms with Gasteiger partial charge in [0.15, 0.2) is 5.65 Å². The van der Waals surface area contributed by atoms with Gasteiger partial charge >= 0.3 is 0 Å². The molecule has 1 aliphatic heterocycles. The first-order valence-electron chi connectivity index (χ1n) is 7.67. The molecule has 23 heavy (non-hydrogen) atoms. The molecule has 1 unspecified atom stereocenters. The molecule has 6 nitrogen and oxygen atoms in total. The Balaban J connectivity index is 1.79. The third kappa shape index (κ3) is 2.21. The lowest BCUT2D eigenvalue weighted by atomic mass is 9.94. The first kappa shape index (κ1) is 13.7. The second-order valence-electron chi connectivity index (χ2n) is 5.85. The minimum absolute atomic E-state index is 0.413. The lowest BCUT2D eigenvalue weighted by Gasteiger charge is -2.18. The molecule has 3 aromatic heterocycles. The highest BCUT2D eigenvalue weighted by Crippen LogP contribution is 2.34. The number of fused-ring (bicyclic) bond motifs is 3. The Morgan fingerprint density at radius 2 is 2.35 bits per heavy atom. The lowest BCUT2D eigenvalue weighted by molar-refractivity contribution is 0.508. The van der Waals surface area contributed by atoms with Gasteiger partial charge in [-0.25, -0.2) is 9.97 Å². The zero-order chi connectivity index (χ0) is 15.8. The van der Waals surface area contributed by atoms with Crippen LogP contribution in [0.3, 0.4) is 0 Å². The van der Waals surface area contributed by atoms with Crippen molar-refractivity contribution in [3.63, 3.8) is 0 Å². The average molecular weight is 304 g/mol. The number of pyridine rings is 2. The van der Waals surface area contributed by atoms with Gasteiger partial charge in [-0.05, 0) is 31.0 Å². The van der Waals surface area contributed by atoms with Gasteiger partial charge < -0.3 is 9.88 Å². The van der Waals surface area contributed by atoms with Gasteiger partial charge in [-0.1, -0.05) is 0 Å². The van der Waals surface area contributed by atoms with Crippen molar-refractivity contribution in [1.82, 2.24) is 19.9 Å². The Morgan fingerprint density at radius 1 is 1.43 bits per heavy atom. The first-order valence-corrected chi connectivity index (χ1v) is 7.67. The molecule has 4 rings (SSSR count). The summed E-state index contributed by atoms with van der Waals surface area (Å²) in [5.41, 5.74) is 3.13. The number of H-pyrrole nitrogens is 1. The molecule has 0 saturated carbocycles. The number of nitrogens with one attached hydrogen (secondary N) is 1. The van der Waals surface area contributed by atoms with E-state index in [1.807, 2.05) is 31.6 Å². The summed E-state index contributed by atoms with van der Waals surface area (Å²) in [7, 11) is 0. The quantitative estimate of drug-likeness (QED) is 0.426. The maximum atomic E-state index is 8.73. The molecule has 0 bridgehead atoms. The van der Waals surface area contributed by atoms with Crippen molar-refractivity contribution in [2.24, 2.45) is 4.99 Å². The van der Waals surface area contributed by atoms with E-state index in [-0.39, 0.29) is 0 Å². The smallest absolute Gasteiger partial charge is 0.207 e. The highest BCUT2D eigenvalue weighted by Gasteiger charge is 2.26. The molecule has 1 aliphatic rings. The van der Waals surface area contributed by atoms with Crippen LogP contribution in [0.25, 0.3) is 21.9 Å². The number of aliphatic imine (C=N–C) groups is 1. The maximum Gasteiger partial charge on any atom is 0.207 e. The summed E-state index contributed by atoms with van der Waals surface area (Å²) in [6.45, 7) is 3.70. The van der Waals surface area contributed by atoms with Gasteiger partial charge in [0.25, 0.3) is 0 Å². The largest absolute Gasteiger partial charge is 0.360 e. The number of nitriles is 1. The molecule has 1 fully saturated rings. The van der Waals surface area contributed by atoms with Crippen molar-refractivity contribution >= 4 is 27.8 Å². The predicted octanol–water partition coefficient (Wildman–Crippen LogP) is 2.80. The van der Waals surface area contributed by atoms with Crippen LogP contribution in [0.15, 0.2) is 35.7 Å². The summed E-state index contributed by atoms with van der Waals surface area (Å²) in [6, 6.07) is 4.18. The molecule has 6 heteroatoms. The van der Waals surface area contributed by atoms with E-state index in [9.17, 15) is 0 Å². The molecule has 0 radical (unpaired) electrons. The standard InChI is InChI=1S/C17H16N6/c1-11(22-10-18)23-7-4-12(9-23)13-2-5-19-15-8-21-17-14(16(13)15)3-6-20-17/h2-3,5-6,8,12,19H,4,7,9H2,1H3. The van der Waals surface area contributed by atoms with Crippen molar-refractivity contribution < 1.29 is 0 Å². The number of aromatic nitrogens is 3. The summed E-state index contributed by atoms with van der Waals surface area (Å²) in [5.74, 6) is 1.21. The predicted molar refractivity (Wildman–Crippen MR) is 89.0 cm³/mol. The number of amidine groups is 1. The van der Waals surface area contributed by atoms with Crippen LogP contribution >= 0.6 is 0 Å². The fraction of sp³-hybridized carbons (Fsp3) is 0.294. The van der Waals surface area contributed by atoms with E-state index in [4.69, 9.17) is 5.26 Å². The highest BCUT2D eigenvalue weighted by atomic mass is 15.2. The molecule has 0 aliphatic carbocycles. The molecule has 1 N–H and O–H groups in total. The Bertz CT molecular complexity index is 949. The van der Waals surface area contributed by atoms with Gasteiger partial charge in [-0.3, -0.25) is 0 Å². The normalized spacial score (nSPS) is 18.7. The highest BCUT2D eigenvalue weighted by molar-refractivity contribution is 6.05. The van der Waals surface area contributed by atoms with E-state index in [1.54, 1.807) is 6.20 Å². The molecule has 0 spiro atoms. The van der Waals surface area contributed by atoms with Crippen LogP contribution in [0.1, 0.15) is 24.8 Å². The molecule has 1 saturated heterocycles. The van der Waals surface area contributed by atoms with Gasteiger partial charge in [0.1, 0.15) is 5.84 Å². The third-order valence-electron chi connectivity index (χ3n) is 4.62. The van der Waals surface area contributed by atoms with Gasteiger partial charge in [0.2, 0.25) is 6.19 Å². The van der Waals surface area contributed by atoms with Crippen LogP contribution in [-0.2, 0) is 0 Å². The van der Waals surface area contributed by atoms with Crippen molar-refractivity contribution in [1.29, 1.82) is 5.26 Å². The van der Waals surface area contributed by atoms with Crippen LogP contribution in [0.5, 0.6) is 0 Å². The minimum Gasteiger partial charge on any atom is -0.360 e. The summed E-state index contributed by atoms with van der Waals surface area (Å²) in [4.78, 5) is 18.0. The number of nitrogens with zero attached hydrogens (tertiary/aromatic N) is 5. The van der Waals surface area contributed by atoms with E-state index >= 15 is 0 Å². The van der Waals surface area contributed by atoms with Gasteiger partial charge in [0.05, 0.1) is 11.7 Å². The van der Waals surface area contributed by atoms with E-state index in [0.29, 0.717) is 5.92 Å². The van der Waals surface area contributed by atoms with Gasteiger partial charge in [-0.15, -0.1) is 0 Å². The maximum absolute atomic E-state index is 8.73. The lowest BCUT2D eigenvalue weighted by Crippen LogP contribution is -2.25. The average Bonchev–Trinajstić information content (AvgIpc) is 3.23. The van der Waals surface area contributed by atoms with Crippen LogP contribution in [0.4, 0.5) is 0 Å². The Labute approximate surface area is 133 Å². The van der Waals surface area contributed by atoms with Gasteiger partial charge in [-0.2, -0.15) is 10.3 Å². The summed E-state index contributed by atoms with van der Waals surface area (Å²) >= 11 is 0. The van der Waals surface area contributed by atoms with E-state index < -0.39 is 0 Å². The number of hydrogen-bond acceptors (Lipinski definition) is 4. The van der Waals surface area contributed by atoms with E-state index in [2.05, 4.69) is 30.9 Å². The number of rotatable bonds is 1. The van der Waals surface area contributed by atoms with Crippen molar-refractivity contribution in [3.05, 3.63) is 36.3 Å². The number of likely N-dealkylation sites (tertiary alicyclic amines) is 1. The van der Waals surface area contributed by atoms with Crippen LogP contribution in [0.2, 0.25) is 0 Å². The Hall–Kier alpha value is -2.94. The monoisotopic (exact) mass is 304 g/mol. The zero-order valence-corrected chi connectivity index (χ0v) is 12.8. The molecule has 114 valence electrons. The summed E-state index contributed by atoms with van der Waals surface area (Å²) in [5, 5.41) is 11.0. The van der Waals surface area contributed by atoms with Crippen LogP contribution < -0.4 is 0 Å². The molecule has 4 heterocycles. The van der Waals surface area contributed by atoms with Gasteiger partial charge in [0, 0.05) is 42.2 Å². The van der Waals surface area contributed by atoms with E-state index in [0.717, 1.165) is 41.9 Å². The van der Waals surface area contributed by atoms with Crippen LogP contribution in [-0.4, -0.2) is 38.8 Å². The van der Waals surface area contributed by atoms with Crippen molar-refractivity contribution in [2.45, 2.75) is 19.3 Å². The Kier molecular flexibility index (Phi) is 3.19. The third-order valence-corrected chi connectivity index (χ3v) is 4.62. The molecular weight excluding hydrogens is 288 g/mol. The fourth-order valence-electron chi connectivity index (χ4n) is 3.48. The number of hydrogen-bond donors (Lipinski definition) is 1. The Morgan fingerprint density at radius 3 is 3.22 bits per heavy atom. The first-order chi connectivity index (χ1) is 11.3. The fourth-order valence-corrected chi connectivity index (χ4v) is 3.48. The molecule has 1 atom stereocenters. The van der Waals surface area contributed by atoms with Crippen molar-refractivity contribution in [3.8, 4) is 6.19 Å². The SMILES string of the molecule is CC(=NC#N)N1CCC(c2cc[nH]c3cnc4nccc4c23)C1. The topological polar surface area (TPSA) is 81.0 Å². The molecule has 0 aromatic carbocycles. The second-order valence-corrected chi connectivity index (χ2v) is 5.85. The minimum atomic E-state index is 0.413. The summed E-state index contributed by atoms with van der Waals surface area (Å²) < 4.78 is 0. The molecular formula is C17H16N6. The number of aromatic amines is 1. The second kappa shape index (κ2) is 5.36. The summed E-state index contributed by atoms with van der Waals surface area (Å²) in [6.07, 6.45) is 8.55. The molecule has 0 amide bonds. The van der Waals surface area contributed by atoms with Crippen molar-refractivity contribution in [2.75, 3.05) is 13.1 Å². The van der Waals surface area contributed by atoms with Crippen LogP contribution in [0, 0.1) is 11.5 Å². The molecule has 3 aromatic rings. The van der Waals surface area contributed by atoms with E-state index in [1.165, 1.54) is 10.9 Å².